The Morgan fingerprint density at radius 2 is 2.07 bits per heavy atom. The van der Waals surface area contributed by atoms with Crippen LogP contribution in [0.4, 0.5) is 0 Å². The summed E-state index contributed by atoms with van der Waals surface area (Å²) < 4.78 is 0. The van der Waals surface area contributed by atoms with Crippen molar-refractivity contribution in [3.05, 3.63) is 30.1 Å². The van der Waals surface area contributed by atoms with Crippen molar-refractivity contribution >= 4 is 5.78 Å². The van der Waals surface area contributed by atoms with E-state index in [1.165, 1.54) is 12.3 Å². The summed E-state index contributed by atoms with van der Waals surface area (Å²) >= 11 is 0. The Kier molecular flexibility index (Phi) is 4.36. The number of aliphatic hydroxyl groups excluding tert-OH is 3. The van der Waals surface area contributed by atoms with Crippen molar-refractivity contribution in [3.8, 4) is 0 Å². The Labute approximate surface area is 87.0 Å². The summed E-state index contributed by atoms with van der Waals surface area (Å²) in [6, 6.07) is 4.87. The van der Waals surface area contributed by atoms with Crippen LogP contribution in [-0.2, 0) is 0 Å². The highest BCUT2D eigenvalue weighted by Crippen LogP contribution is 2.05. The van der Waals surface area contributed by atoms with E-state index in [0.717, 1.165) is 0 Å². The lowest BCUT2D eigenvalue weighted by Crippen LogP contribution is -2.31. The fourth-order valence-corrected chi connectivity index (χ4v) is 1.08. The molecule has 5 heteroatoms. The van der Waals surface area contributed by atoms with Gasteiger partial charge in [0.2, 0.25) is 0 Å². The van der Waals surface area contributed by atoms with Crippen molar-refractivity contribution in [2.24, 2.45) is 0 Å². The molecule has 1 aromatic heterocycles. The summed E-state index contributed by atoms with van der Waals surface area (Å²) in [4.78, 5) is 15.3. The number of rotatable bonds is 5. The third-order valence-corrected chi connectivity index (χ3v) is 1.98. The average Bonchev–Trinajstić information content (AvgIpc) is 2.29. The molecule has 0 fully saturated rings. The van der Waals surface area contributed by atoms with Gasteiger partial charge in [0.1, 0.15) is 11.8 Å². The van der Waals surface area contributed by atoms with Gasteiger partial charge in [0.25, 0.3) is 0 Å². The predicted molar refractivity (Wildman–Crippen MR) is 52.3 cm³/mol. The van der Waals surface area contributed by atoms with Gasteiger partial charge in [0.05, 0.1) is 12.7 Å². The van der Waals surface area contributed by atoms with Crippen LogP contribution in [0.2, 0.25) is 0 Å². The number of hydrogen-bond acceptors (Lipinski definition) is 5. The lowest BCUT2D eigenvalue weighted by Gasteiger charge is -2.13. The fraction of sp³-hybridized carbons (Fsp3) is 0.400. The monoisotopic (exact) mass is 211 g/mol. The molecule has 0 aliphatic rings. The van der Waals surface area contributed by atoms with Gasteiger partial charge in [-0.25, -0.2) is 0 Å². The third kappa shape index (κ3) is 3.39. The molecule has 0 bridgehead atoms. The Balaban J connectivity index is 2.57. The maximum absolute atomic E-state index is 11.5. The topological polar surface area (TPSA) is 90.7 Å². The molecular formula is C10H13NO4. The predicted octanol–water partition coefficient (Wildman–Crippen LogP) is -0.632. The summed E-state index contributed by atoms with van der Waals surface area (Å²) in [6.07, 6.45) is -1.33. The first-order valence-electron chi connectivity index (χ1n) is 4.56. The lowest BCUT2D eigenvalue weighted by atomic mass is 10.1. The van der Waals surface area contributed by atoms with Crippen molar-refractivity contribution in [1.29, 1.82) is 0 Å². The molecule has 0 aromatic carbocycles. The number of carbonyl (C=O) groups excluding carboxylic acids is 1. The van der Waals surface area contributed by atoms with Gasteiger partial charge < -0.3 is 15.3 Å². The zero-order valence-electron chi connectivity index (χ0n) is 8.08. The van der Waals surface area contributed by atoms with E-state index in [2.05, 4.69) is 4.98 Å². The summed E-state index contributed by atoms with van der Waals surface area (Å²) in [7, 11) is 0. The largest absolute Gasteiger partial charge is 0.394 e. The molecule has 0 saturated carbocycles. The van der Waals surface area contributed by atoms with Gasteiger partial charge in [-0.2, -0.15) is 0 Å². The minimum absolute atomic E-state index is 0.238. The van der Waals surface area contributed by atoms with Gasteiger partial charge in [0, 0.05) is 12.6 Å². The standard InChI is InChI=1S/C10H13NO4/c12-6-10(15)9(14)5-8(13)7-3-1-2-4-11-7/h1-4,9-10,12,14-15H,5-6H2/t9-,10+/m0/s1. The van der Waals surface area contributed by atoms with E-state index in [4.69, 9.17) is 10.2 Å². The molecule has 0 amide bonds. The molecule has 2 atom stereocenters. The zero-order chi connectivity index (χ0) is 11.3. The van der Waals surface area contributed by atoms with E-state index in [1.807, 2.05) is 0 Å². The van der Waals surface area contributed by atoms with Crippen LogP contribution < -0.4 is 0 Å². The summed E-state index contributed by atoms with van der Waals surface area (Å²) in [5.41, 5.74) is 0.238. The third-order valence-electron chi connectivity index (χ3n) is 1.98. The van der Waals surface area contributed by atoms with Crippen molar-refractivity contribution < 1.29 is 20.1 Å². The smallest absolute Gasteiger partial charge is 0.183 e. The number of hydrogen-bond donors (Lipinski definition) is 3. The Morgan fingerprint density at radius 3 is 2.60 bits per heavy atom. The number of aromatic nitrogens is 1. The van der Waals surface area contributed by atoms with Crippen LogP contribution in [0.25, 0.3) is 0 Å². The first-order chi connectivity index (χ1) is 7.15. The molecule has 0 aliphatic heterocycles. The van der Waals surface area contributed by atoms with Crippen LogP contribution in [-0.4, -0.2) is 44.9 Å². The van der Waals surface area contributed by atoms with Crippen molar-refractivity contribution in [2.75, 3.05) is 6.61 Å². The molecule has 1 rings (SSSR count). The molecule has 0 saturated heterocycles. The molecule has 0 aliphatic carbocycles. The maximum Gasteiger partial charge on any atom is 0.183 e. The Bertz CT molecular complexity index is 314. The van der Waals surface area contributed by atoms with Crippen molar-refractivity contribution in [1.82, 2.24) is 4.98 Å². The van der Waals surface area contributed by atoms with E-state index < -0.39 is 18.8 Å². The highest BCUT2D eigenvalue weighted by molar-refractivity contribution is 5.94. The van der Waals surface area contributed by atoms with E-state index in [0.29, 0.717) is 0 Å². The second kappa shape index (κ2) is 5.55. The highest BCUT2D eigenvalue weighted by Gasteiger charge is 2.20. The van der Waals surface area contributed by atoms with Crippen molar-refractivity contribution in [3.63, 3.8) is 0 Å². The molecular weight excluding hydrogens is 198 g/mol. The average molecular weight is 211 g/mol. The highest BCUT2D eigenvalue weighted by atomic mass is 16.4. The van der Waals surface area contributed by atoms with Crippen LogP contribution in [0, 0.1) is 0 Å². The Hall–Kier alpha value is -1.30. The molecule has 82 valence electrons. The van der Waals surface area contributed by atoms with E-state index in [-0.39, 0.29) is 17.9 Å². The van der Waals surface area contributed by atoms with Gasteiger partial charge in [-0.3, -0.25) is 9.78 Å². The number of pyridine rings is 1. The minimum Gasteiger partial charge on any atom is -0.394 e. The molecule has 0 radical (unpaired) electrons. The molecule has 1 aromatic rings. The van der Waals surface area contributed by atoms with Crippen molar-refractivity contribution in [2.45, 2.75) is 18.6 Å². The van der Waals surface area contributed by atoms with Crippen LogP contribution in [0.15, 0.2) is 24.4 Å². The molecule has 3 N–H and O–H groups in total. The first-order valence-corrected chi connectivity index (χ1v) is 4.56. The first kappa shape index (κ1) is 11.8. The number of aliphatic hydroxyl groups is 3. The zero-order valence-corrected chi connectivity index (χ0v) is 8.08. The maximum atomic E-state index is 11.5. The van der Waals surface area contributed by atoms with E-state index in [1.54, 1.807) is 12.1 Å². The molecule has 15 heavy (non-hydrogen) atoms. The summed E-state index contributed by atoms with van der Waals surface area (Å²) in [5, 5.41) is 26.9. The second-order valence-corrected chi connectivity index (χ2v) is 3.16. The van der Waals surface area contributed by atoms with Gasteiger partial charge in [-0.1, -0.05) is 6.07 Å². The lowest BCUT2D eigenvalue weighted by molar-refractivity contribution is -0.0148. The summed E-state index contributed by atoms with van der Waals surface area (Å²) in [5.74, 6) is -0.365. The number of carbonyl (C=O) groups is 1. The molecule has 0 spiro atoms. The number of Topliss-reactive ketones (excluding diaryl/α,β-unsaturated/α-hetero) is 1. The minimum atomic E-state index is -1.29. The van der Waals surface area contributed by atoms with Crippen LogP contribution >= 0.6 is 0 Å². The molecule has 1 heterocycles. The van der Waals surface area contributed by atoms with Gasteiger partial charge in [-0.15, -0.1) is 0 Å². The van der Waals surface area contributed by atoms with Gasteiger partial charge in [-0.05, 0) is 12.1 Å². The van der Waals surface area contributed by atoms with Crippen LogP contribution in [0.3, 0.4) is 0 Å². The quantitative estimate of drug-likeness (QED) is 0.564. The fourth-order valence-electron chi connectivity index (χ4n) is 1.08. The molecule has 0 unspecified atom stereocenters. The number of ketones is 1. The van der Waals surface area contributed by atoms with Gasteiger partial charge in [0.15, 0.2) is 5.78 Å². The normalized spacial score (nSPS) is 14.6. The summed E-state index contributed by atoms with van der Waals surface area (Å²) in [6.45, 7) is -0.573. The number of nitrogens with zero attached hydrogens (tertiary/aromatic N) is 1. The van der Waals surface area contributed by atoms with Gasteiger partial charge >= 0.3 is 0 Å². The van der Waals surface area contributed by atoms with E-state index in [9.17, 15) is 9.90 Å². The second-order valence-electron chi connectivity index (χ2n) is 3.16. The van der Waals surface area contributed by atoms with E-state index >= 15 is 0 Å². The molecule has 5 nitrogen and oxygen atoms in total. The van der Waals surface area contributed by atoms with Crippen LogP contribution in [0.5, 0.6) is 0 Å². The van der Waals surface area contributed by atoms with Crippen LogP contribution in [0.1, 0.15) is 16.9 Å². The Morgan fingerprint density at radius 1 is 1.33 bits per heavy atom. The SMILES string of the molecule is O=C(C[C@H](O)[C@H](O)CO)c1ccccn1.